The smallest absolute Gasteiger partial charge is 0.191 e. The molecule has 27 heavy (non-hydrogen) atoms. The first-order chi connectivity index (χ1) is 12.5. The summed E-state index contributed by atoms with van der Waals surface area (Å²) in [5, 5.41) is 14.8. The van der Waals surface area contributed by atoms with Gasteiger partial charge in [-0.3, -0.25) is 0 Å². The van der Waals surface area contributed by atoms with Gasteiger partial charge in [-0.05, 0) is 49.2 Å². The summed E-state index contributed by atoms with van der Waals surface area (Å²) in [5.41, 5.74) is 0.876. The van der Waals surface area contributed by atoms with E-state index < -0.39 is 17.5 Å². The summed E-state index contributed by atoms with van der Waals surface area (Å²) in [6.45, 7) is 2.89. The quantitative estimate of drug-likeness (QED) is 0.369. The van der Waals surface area contributed by atoms with E-state index in [-0.39, 0.29) is 48.1 Å². The predicted molar refractivity (Wildman–Crippen MR) is 109 cm³/mol. The first-order valence-corrected chi connectivity index (χ1v) is 8.18. The van der Waals surface area contributed by atoms with Gasteiger partial charge in [0, 0.05) is 18.7 Å². The van der Waals surface area contributed by atoms with E-state index in [1.165, 1.54) is 12.1 Å². The molecular formula is C19H20F3IN4. The van der Waals surface area contributed by atoms with Crippen LogP contribution in [0.2, 0.25) is 0 Å². The van der Waals surface area contributed by atoms with Gasteiger partial charge in [-0.1, -0.05) is 6.07 Å². The second kappa shape index (κ2) is 11.4. The summed E-state index contributed by atoms with van der Waals surface area (Å²) in [6, 6.07) is 9.41. The molecule has 0 saturated heterocycles. The molecule has 0 aliphatic carbocycles. The van der Waals surface area contributed by atoms with E-state index in [9.17, 15) is 13.2 Å². The summed E-state index contributed by atoms with van der Waals surface area (Å²) in [6.07, 6.45) is 0.277. The van der Waals surface area contributed by atoms with Crippen LogP contribution >= 0.6 is 24.0 Å². The normalized spacial score (nSPS) is 10.7. The van der Waals surface area contributed by atoms with Crippen LogP contribution in [0.3, 0.4) is 0 Å². The van der Waals surface area contributed by atoms with Crippen LogP contribution in [0, 0.1) is 28.8 Å². The van der Waals surface area contributed by atoms with Gasteiger partial charge in [0.1, 0.15) is 17.5 Å². The molecule has 0 aliphatic heterocycles. The third-order valence-corrected chi connectivity index (χ3v) is 3.63. The number of hydrogen-bond donors (Lipinski definition) is 2. The lowest BCUT2D eigenvalue weighted by Crippen LogP contribution is -2.38. The highest BCUT2D eigenvalue weighted by Gasteiger charge is 2.06. The molecule has 0 heterocycles. The number of nitrogens with one attached hydrogen (secondary N) is 2. The fourth-order valence-electron chi connectivity index (χ4n) is 2.30. The van der Waals surface area contributed by atoms with Crippen molar-refractivity contribution in [1.29, 1.82) is 5.26 Å². The summed E-state index contributed by atoms with van der Waals surface area (Å²) in [5.74, 6) is -1.01. The van der Waals surface area contributed by atoms with E-state index in [4.69, 9.17) is 5.26 Å². The zero-order chi connectivity index (χ0) is 18.9. The Bertz CT molecular complexity index is 834. The van der Waals surface area contributed by atoms with Crippen molar-refractivity contribution in [2.75, 3.05) is 13.1 Å². The first-order valence-electron chi connectivity index (χ1n) is 8.18. The molecule has 0 unspecified atom stereocenters. The van der Waals surface area contributed by atoms with E-state index >= 15 is 0 Å². The molecule has 0 spiro atoms. The van der Waals surface area contributed by atoms with Crippen LogP contribution in [0.4, 0.5) is 13.2 Å². The van der Waals surface area contributed by atoms with Gasteiger partial charge in [-0.25, -0.2) is 18.2 Å². The minimum atomic E-state index is -0.495. The van der Waals surface area contributed by atoms with Crippen molar-refractivity contribution in [3.05, 3.63) is 70.5 Å². The Morgan fingerprint density at radius 1 is 1.04 bits per heavy atom. The molecule has 2 N–H and O–H groups in total. The van der Waals surface area contributed by atoms with Gasteiger partial charge < -0.3 is 10.6 Å². The molecule has 2 rings (SSSR count). The third kappa shape index (κ3) is 7.09. The second-order valence-electron chi connectivity index (χ2n) is 5.53. The molecule has 8 heteroatoms. The van der Waals surface area contributed by atoms with Crippen LogP contribution < -0.4 is 10.6 Å². The Kier molecular flexibility index (Phi) is 9.64. The first kappa shape index (κ1) is 22.8. The van der Waals surface area contributed by atoms with Gasteiger partial charge in [0.05, 0.1) is 18.2 Å². The lowest BCUT2D eigenvalue weighted by Gasteiger charge is -2.12. The van der Waals surface area contributed by atoms with Crippen molar-refractivity contribution in [1.82, 2.24) is 10.6 Å². The molecule has 0 amide bonds. The van der Waals surface area contributed by atoms with Crippen LogP contribution in [0.25, 0.3) is 0 Å². The number of nitriles is 1. The molecule has 2 aromatic rings. The maximum absolute atomic E-state index is 13.9. The number of guanidine groups is 1. The maximum atomic E-state index is 13.9. The molecule has 0 bridgehead atoms. The molecule has 0 atom stereocenters. The number of benzene rings is 2. The van der Waals surface area contributed by atoms with E-state index in [2.05, 4.69) is 15.6 Å². The average Bonchev–Trinajstić information content (AvgIpc) is 2.63. The Labute approximate surface area is 173 Å². The molecule has 0 aromatic heterocycles. The van der Waals surface area contributed by atoms with E-state index in [0.29, 0.717) is 24.6 Å². The summed E-state index contributed by atoms with van der Waals surface area (Å²) >= 11 is 0. The standard InChI is InChI=1S/C19H19F3N4.HI/c1-2-24-19(25-8-7-14-10-16(20)5-6-17(14)21)26-12-15-4-3-13(11-23)9-18(15)22;/h3-6,9-10H,2,7-8,12H2,1H3,(H2,24,25,26);1H. The number of aliphatic imine (C=N–C) groups is 1. The zero-order valence-electron chi connectivity index (χ0n) is 14.7. The Morgan fingerprint density at radius 3 is 2.48 bits per heavy atom. The minimum Gasteiger partial charge on any atom is -0.357 e. The highest BCUT2D eigenvalue weighted by molar-refractivity contribution is 14.0. The third-order valence-electron chi connectivity index (χ3n) is 3.63. The van der Waals surface area contributed by atoms with Crippen molar-refractivity contribution >= 4 is 29.9 Å². The Morgan fingerprint density at radius 2 is 1.81 bits per heavy atom. The molecule has 0 saturated carbocycles. The highest BCUT2D eigenvalue weighted by atomic mass is 127. The van der Waals surface area contributed by atoms with Gasteiger partial charge >= 0.3 is 0 Å². The molecule has 0 aliphatic rings. The maximum Gasteiger partial charge on any atom is 0.191 e. The topological polar surface area (TPSA) is 60.2 Å². The van der Waals surface area contributed by atoms with Crippen molar-refractivity contribution in [3.63, 3.8) is 0 Å². The van der Waals surface area contributed by atoms with Gasteiger partial charge in [0.2, 0.25) is 0 Å². The molecular weight excluding hydrogens is 468 g/mol. The lowest BCUT2D eigenvalue weighted by molar-refractivity contribution is 0.583. The van der Waals surface area contributed by atoms with Crippen LogP contribution in [-0.2, 0) is 13.0 Å². The summed E-state index contributed by atoms with van der Waals surface area (Å²) in [7, 11) is 0. The Hall–Kier alpha value is -2.28. The summed E-state index contributed by atoms with van der Waals surface area (Å²) < 4.78 is 40.7. The van der Waals surface area contributed by atoms with Gasteiger partial charge in [0.25, 0.3) is 0 Å². The number of hydrogen-bond acceptors (Lipinski definition) is 2. The van der Waals surface area contributed by atoms with Gasteiger partial charge in [-0.15, -0.1) is 24.0 Å². The van der Waals surface area contributed by atoms with E-state index in [1.807, 2.05) is 13.0 Å². The minimum absolute atomic E-state index is 0. The van der Waals surface area contributed by atoms with Crippen molar-refractivity contribution in [2.24, 2.45) is 4.99 Å². The van der Waals surface area contributed by atoms with Crippen LogP contribution in [-0.4, -0.2) is 19.0 Å². The summed E-state index contributed by atoms with van der Waals surface area (Å²) in [4.78, 5) is 4.27. The van der Waals surface area contributed by atoms with Crippen LogP contribution in [0.5, 0.6) is 0 Å². The Balaban J connectivity index is 0.00000364. The highest BCUT2D eigenvalue weighted by Crippen LogP contribution is 2.11. The van der Waals surface area contributed by atoms with E-state index in [1.54, 1.807) is 0 Å². The fraction of sp³-hybridized carbons (Fsp3) is 0.263. The monoisotopic (exact) mass is 488 g/mol. The number of nitrogens with zero attached hydrogens (tertiary/aromatic N) is 2. The predicted octanol–water partition coefficient (Wildman–Crippen LogP) is 3.89. The average molecular weight is 488 g/mol. The SMILES string of the molecule is CCNC(=NCc1ccc(C#N)cc1F)NCCc1cc(F)ccc1F.I. The van der Waals surface area contributed by atoms with Crippen LogP contribution in [0.15, 0.2) is 41.4 Å². The molecule has 4 nitrogen and oxygen atoms in total. The largest absolute Gasteiger partial charge is 0.357 e. The number of rotatable bonds is 6. The molecule has 144 valence electrons. The van der Waals surface area contributed by atoms with Gasteiger partial charge in [0.15, 0.2) is 5.96 Å². The fourth-order valence-corrected chi connectivity index (χ4v) is 2.30. The molecule has 0 radical (unpaired) electrons. The second-order valence-corrected chi connectivity index (χ2v) is 5.53. The van der Waals surface area contributed by atoms with Crippen molar-refractivity contribution < 1.29 is 13.2 Å². The van der Waals surface area contributed by atoms with Crippen molar-refractivity contribution in [2.45, 2.75) is 19.9 Å². The van der Waals surface area contributed by atoms with Gasteiger partial charge in [-0.2, -0.15) is 5.26 Å². The van der Waals surface area contributed by atoms with E-state index in [0.717, 1.165) is 24.3 Å². The van der Waals surface area contributed by atoms with Crippen molar-refractivity contribution in [3.8, 4) is 6.07 Å². The van der Waals surface area contributed by atoms with Crippen LogP contribution in [0.1, 0.15) is 23.6 Å². The number of halogens is 4. The lowest BCUT2D eigenvalue weighted by atomic mass is 10.1. The molecule has 0 fully saturated rings. The molecule has 2 aromatic carbocycles. The zero-order valence-corrected chi connectivity index (χ0v) is 17.1.